The maximum absolute atomic E-state index is 13.1. The van der Waals surface area contributed by atoms with Gasteiger partial charge in [-0.15, -0.1) is 0 Å². The van der Waals surface area contributed by atoms with Crippen LogP contribution in [0.1, 0.15) is 18.6 Å². The third-order valence-electron chi connectivity index (χ3n) is 4.22. The van der Waals surface area contributed by atoms with Crippen molar-refractivity contribution >= 4 is 5.69 Å². The summed E-state index contributed by atoms with van der Waals surface area (Å²) < 4.78 is 24.3. The fraction of sp³-hybridized carbons (Fsp3) is 0.143. The van der Waals surface area contributed by atoms with E-state index >= 15 is 0 Å². The van der Waals surface area contributed by atoms with Crippen LogP contribution < -0.4 is 9.47 Å². The molecule has 0 radical (unpaired) electrons. The van der Waals surface area contributed by atoms with Crippen molar-refractivity contribution in [3.8, 4) is 22.6 Å². The molecule has 0 unspecified atom stereocenters. The summed E-state index contributed by atoms with van der Waals surface area (Å²) >= 11 is 0. The molecule has 0 heterocycles. The van der Waals surface area contributed by atoms with Crippen molar-refractivity contribution in [3.05, 3.63) is 88.2 Å². The molecular weight excluding hydrogens is 349 g/mol. The largest absolute Gasteiger partial charge is 0.497 e. The summed E-state index contributed by atoms with van der Waals surface area (Å²) in [5, 5.41) is 11.2. The van der Waals surface area contributed by atoms with Crippen LogP contribution in [0.4, 0.5) is 10.1 Å². The maximum atomic E-state index is 13.1. The zero-order valence-electron chi connectivity index (χ0n) is 14.9. The summed E-state index contributed by atoms with van der Waals surface area (Å²) in [6.45, 7) is 1.84. The number of non-ortho nitro benzene ring substituents is 1. The van der Waals surface area contributed by atoms with E-state index < -0.39 is 4.92 Å². The molecular formula is C21H18FNO4. The fourth-order valence-electron chi connectivity index (χ4n) is 2.72. The molecule has 0 aliphatic rings. The lowest BCUT2D eigenvalue weighted by Crippen LogP contribution is -2.04. The molecule has 3 rings (SSSR count). The van der Waals surface area contributed by atoms with Crippen LogP contribution in [0.2, 0.25) is 0 Å². The second-order valence-electron chi connectivity index (χ2n) is 5.98. The van der Waals surface area contributed by atoms with Gasteiger partial charge in [-0.3, -0.25) is 10.1 Å². The maximum Gasteiger partial charge on any atom is 0.270 e. The van der Waals surface area contributed by atoms with E-state index in [1.807, 2.05) is 19.1 Å². The van der Waals surface area contributed by atoms with Crippen molar-refractivity contribution in [1.29, 1.82) is 0 Å². The number of nitro benzene ring substituents is 1. The van der Waals surface area contributed by atoms with E-state index in [1.165, 1.54) is 24.3 Å². The van der Waals surface area contributed by atoms with Gasteiger partial charge in [0.05, 0.1) is 12.0 Å². The minimum atomic E-state index is -0.444. The average Bonchev–Trinajstić information content (AvgIpc) is 2.68. The van der Waals surface area contributed by atoms with Gasteiger partial charge in [-0.25, -0.2) is 4.39 Å². The summed E-state index contributed by atoms with van der Waals surface area (Å²) in [6.07, 6.45) is -0.357. The predicted octanol–water partition coefficient (Wildman–Crippen LogP) is 5.55. The lowest BCUT2D eigenvalue weighted by Gasteiger charge is -2.18. The normalized spacial score (nSPS) is 11.7. The molecule has 0 amide bonds. The Morgan fingerprint density at radius 2 is 1.67 bits per heavy atom. The predicted molar refractivity (Wildman–Crippen MR) is 101 cm³/mol. The molecule has 0 saturated carbocycles. The van der Waals surface area contributed by atoms with Gasteiger partial charge in [-0.05, 0) is 48.4 Å². The molecule has 0 N–H and O–H groups in total. The molecule has 0 saturated heterocycles. The van der Waals surface area contributed by atoms with E-state index in [0.717, 1.165) is 11.1 Å². The average molecular weight is 367 g/mol. The van der Waals surface area contributed by atoms with Crippen molar-refractivity contribution in [1.82, 2.24) is 0 Å². The van der Waals surface area contributed by atoms with Crippen molar-refractivity contribution in [2.75, 3.05) is 7.11 Å². The first-order valence-electron chi connectivity index (χ1n) is 8.33. The molecule has 0 aliphatic heterocycles. The summed E-state index contributed by atoms with van der Waals surface area (Å²) in [5.41, 5.74) is 2.14. The number of methoxy groups -OCH3 is 1. The van der Waals surface area contributed by atoms with Crippen LogP contribution in [0.5, 0.6) is 11.5 Å². The van der Waals surface area contributed by atoms with Gasteiger partial charge in [0, 0.05) is 17.7 Å². The fourth-order valence-corrected chi connectivity index (χ4v) is 2.72. The number of hydrogen-bond donors (Lipinski definition) is 0. The topological polar surface area (TPSA) is 61.6 Å². The standard InChI is InChI=1S/C21H18FNO4/c1-14(15-3-7-17(22)8-4-15)27-21-12-9-18(23(24)25)13-20(21)16-5-10-19(26-2)11-6-16/h3-14H,1-2H3/t14-/m1/s1. The molecule has 5 nitrogen and oxygen atoms in total. The lowest BCUT2D eigenvalue weighted by molar-refractivity contribution is -0.384. The molecule has 0 aliphatic carbocycles. The smallest absolute Gasteiger partial charge is 0.270 e. The Hall–Kier alpha value is -3.41. The Balaban J connectivity index is 1.98. The quantitative estimate of drug-likeness (QED) is 0.423. The van der Waals surface area contributed by atoms with Gasteiger partial charge in [0.1, 0.15) is 23.4 Å². The van der Waals surface area contributed by atoms with E-state index in [2.05, 4.69) is 0 Å². The van der Waals surface area contributed by atoms with E-state index in [4.69, 9.17) is 9.47 Å². The lowest BCUT2D eigenvalue weighted by atomic mass is 10.0. The van der Waals surface area contributed by atoms with Crippen LogP contribution >= 0.6 is 0 Å². The highest BCUT2D eigenvalue weighted by atomic mass is 19.1. The summed E-state index contributed by atoms with van der Waals surface area (Å²) in [5.74, 6) is 0.870. The Morgan fingerprint density at radius 1 is 1.00 bits per heavy atom. The van der Waals surface area contributed by atoms with Crippen LogP contribution in [0, 0.1) is 15.9 Å². The van der Waals surface area contributed by atoms with E-state index in [1.54, 1.807) is 37.4 Å². The molecule has 27 heavy (non-hydrogen) atoms. The van der Waals surface area contributed by atoms with Crippen LogP contribution in [0.15, 0.2) is 66.7 Å². The number of ether oxygens (including phenoxy) is 2. The van der Waals surface area contributed by atoms with E-state index in [9.17, 15) is 14.5 Å². The van der Waals surface area contributed by atoms with Crippen LogP contribution in [0.3, 0.4) is 0 Å². The van der Waals surface area contributed by atoms with Crippen LogP contribution in [-0.2, 0) is 0 Å². The molecule has 0 spiro atoms. The highest BCUT2D eigenvalue weighted by molar-refractivity contribution is 5.73. The van der Waals surface area contributed by atoms with Crippen LogP contribution in [-0.4, -0.2) is 12.0 Å². The second-order valence-corrected chi connectivity index (χ2v) is 5.98. The molecule has 0 fully saturated rings. The van der Waals surface area contributed by atoms with Crippen molar-refractivity contribution in [3.63, 3.8) is 0 Å². The number of halogens is 1. The molecule has 6 heteroatoms. The Labute approximate surface area is 156 Å². The van der Waals surface area contributed by atoms with Gasteiger partial charge in [0.25, 0.3) is 5.69 Å². The zero-order valence-corrected chi connectivity index (χ0v) is 14.9. The highest BCUT2D eigenvalue weighted by Gasteiger charge is 2.16. The number of nitro groups is 1. The molecule has 0 aromatic heterocycles. The number of benzene rings is 3. The summed E-state index contributed by atoms with van der Waals surface area (Å²) in [4.78, 5) is 10.7. The highest BCUT2D eigenvalue weighted by Crippen LogP contribution is 2.36. The van der Waals surface area contributed by atoms with Gasteiger partial charge in [0.15, 0.2) is 0 Å². The van der Waals surface area contributed by atoms with Gasteiger partial charge < -0.3 is 9.47 Å². The van der Waals surface area contributed by atoms with E-state index in [0.29, 0.717) is 17.1 Å². The second kappa shape index (κ2) is 7.86. The number of hydrogen-bond acceptors (Lipinski definition) is 4. The van der Waals surface area contributed by atoms with Gasteiger partial charge in [-0.2, -0.15) is 0 Å². The molecule has 0 bridgehead atoms. The van der Waals surface area contributed by atoms with Gasteiger partial charge in [-0.1, -0.05) is 24.3 Å². The Kier molecular flexibility index (Phi) is 5.35. The SMILES string of the molecule is COc1ccc(-c2cc([N+](=O)[O-])ccc2O[C@H](C)c2ccc(F)cc2)cc1. The first-order valence-corrected chi connectivity index (χ1v) is 8.33. The van der Waals surface area contributed by atoms with Crippen molar-refractivity contribution in [2.45, 2.75) is 13.0 Å². The zero-order chi connectivity index (χ0) is 19.4. The van der Waals surface area contributed by atoms with Crippen molar-refractivity contribution in [2.24, 2.45) is 0 Å². The number of rotatable bonds is 6. The summed E-state index contributed by atoms with van der Waals surface area (Å²) in [6, 6.07) is 17.7. The first-order chi connectivity index (χ1) is 13.0. The van der Waals surface area contributed by atoms with Gasteiger partial charge >= 0.3 is 0 Å². The number of nitrogens with zero attached hydrogens (tertiary/aromatic N) is 1. The first kappa shape index (κ1) is 18.4. The summed E-state index contributed by atoms with van der Waals surface area (Å²) in [7, 11) is 1.57. The van der Waals surface area contributed by atoms with Crippen LogP contribution in [0.25, 0.3) is 11.1 Å². The molecule has 138 valence electrons. The van der Waals surface area contributed by atoms with Crippen molar-refractivity contribution < 1.29 is 18.8 Å². The molecule has 3 aromatic carbocycles. The third-order valence-corrected chi connectivity index (χ3v) is 4.22. The molecule has 3 aromatic rings. The molecule has 1 atom stereocenters. The third kappa shape index (κ3) is 4.23. The van der Waals surface area contributed by atoms with Gasteiger partial charge in [0.2, 0.25) is 0 Å². The minimum Gasteiger partial charge on any atom is -0.497 e. The monoisotopic (exact) mass is 367 g/mol. The Bertz CT molecular complexity index is 939. The minimum absolute atomic E-state index is 0.0254. The van der Waals surface area contributed by atoms with E-state index in [-0.39, 0.29) is 17.6 Å². The Morgan fingerprint density at radius 3 is 2.26 bits per heavy atom.